The van der Waals surface area contributed by atoms with Gasteiger partial charge in [-0.15, -0.1) is 10.2 Å². The number of amides is 2. The lowest BCUT2D eigenvalue weighted by Gasteiger charge is -2.29. The van der Waals surface area contributed by atoms with E-state index in [-0.39, 0.29) is 12.6 Å². The highest BCUT2D eigenvalue weighted by atomic mass is 32.2. The summed E-state index contributed by atoms with van der Waals surface area (Å²) in [6.07, 6.45) is 0. The number of carbonyl (C=O) groups is 2. The highest BCUT2D eigenvalue weighted by Crippen LogP contribution is 2.33. The largest absolute Gasteiger partial charge is 0.463 e. The number of esters is 1. The smallest absolute Gasteiger partial charge is 0.338 e. The molecule has 2 N–H and O–H groups in total. The van der Waals surface area contributed by atoms with Gasteiger partial charge < -0.3 is 15.4 Å². The molecule has 2 aromatic carbocycles. The molecule has 4 aromatic rings. The SMILES string of the molecule is CCOC(=O)C1=C(CSc2nnc3sc4ccccc4n23)NC(=O)N[C@@H]1c1ccccc1. The monoisotopic (exact) mass is 465 g/mol. The summed E-state index contributed by atoms with van der Waals surface area (Å²) in [5.41, 5.74) is 2.72. The number of fused-ring (bicyclic) bond motifs is 3. The van der Waals surface area contributed by atoms with Gasteiger partial charge >= 0.3 is 12.0 Å². The maximum Gasteiger partial charge on any atom is 0.338 e. The third-order valence-corrected chi connectivity index (χ3v) is 7.01. The molecule has 0 aliphatic carbocycles. The van der Waals surface area contributed by atoms with Gasteiger partial charge in [-0.3, -0.25) is 4.40 Å². The van der Waals surface area contributed by atoms with Crippen molar-refractivity contribution in [3.63, 3.8) is 0 Å². The average Bonchev–Trinajstić information content (AvgIpc) is 3.37. The summed E-state index contributed by atoms with van der Waals surface area (Å²) < 4.78 is 8.43. The van der Waals surface area contributed by atoms with E-state index in [1.165, 1.54) is 11.8 Å². The number of aromatic nitrogens is 3. The van der Waals surface area contributed by atoms with Crippen molar-refractivity contribution in [2.24, 2.45) is 0 Å². The van der Waals surface area contributed by atoms with Gasteiger partial charge in [0.2, 0.25) is 4.96 Å². The summed E-state index contributed by atoms with van der Waals surface area (Å²) in [4.78, 5) is 26.1. The van der Waals surface area contributed by atoms with Gasteiger partial charge in [-0.2, -0.15) is 0 Å². The minimum Gasteiger partial charge on any atom is -0.463 e. The van der Waals surface area contributed by atoms with Crippen LogP contribution in [0.1, 0.15) is 18.5 Å². The molecular weight excluding hydrogens is 446 g/mol. The molecule has 1 aliphatic heterocycles. The maximum absolute atomic E-state index is 12.9. The molecule has 2 aromatic heterocycles. The predicted octanol–water partition coefficient (Wildman–Crippen LogP) is 3.91. The number of urea groups is 1. The first-order chi connectivity index (χ1) is 15.7. The molecule has 0 saturated carbocycles. The molecule has 10 heteroatoms. The summed E-state index contributed by atoms with van der Waals surface area (Å²) in [6.45, 7) is 2.00. The first kappa shape index (κ1) is 20.5. The quantitative estimate of drug-likeness (QED) is 0.331. The number of benzene rings is 2. The normalized spacial score (nSPS) is 16.3. The highest BCUT2D eigenvalue weighted by molar-refractivity contribution is 7.99. The van der Waals surface area contributed by atoms with Crippen LogP contribution in [-0.2, 0) is 9.53 Å². The van der Waals surface area contributed by atoms with Crippen LogP contribution in [-0.4, -0.2) is 39.0 Å². The van der Waals surface area contributed by atoms with Gasteiger partial charge in [0.15, 0.2) is 5.16 Å². The number of thioether (sulfide) groups is 1. The van der Waals surface area contributed by atoms with E-state index in [9.17, 15) is 9.59 Å². The van der Waals surface area contributed by atoms with Gasteiger partial charge in [-0.1, -0.05) is 65.6 Å². The summed E-state index contributed by atoms with van der Waals surface area (Å²) >= 11 is 2.97. The molecule has 0 radical (unpaired) electrons. The van der Waals surface area contributed by atoms with Crippen LogP contribution in [0.25, 0.3) is 15.2 Å². The van der Waals surface area contributed by atoms with E-state index in [1.807, 2.05) is 59.0 Å². The fraction of sp³-hybridized carbons (Fsp3) is 0.182. The molecule has 1 aliphatic rings. The second kappa shape index (κ2) is 8.64. The number of thiazole rings is 1. The fourth-order valence-electron chi connectivity index (χ4n) is 3.66. The molecule has 0 saturated heterocycles. The number of nitrogens with zero attached hydrogens (tertiary/aromatic N) is 3. The molecule has 2 amide bonds. The maximum atomic E-state index is 12.9. The summed E-state index contributed by atoms with van der Waals surface area (Å²) in [5.74, 6) is -0.132. The zero-order chi connectivity index (χ0) is 22.1. The lowest BCUT2D eigenvalue weighted by atomic mass is 9.95. The van der Waals surface area contributed by atoms with Crippen LogP contribution >= 0.6 is 23.1 Å². The van der Waals surface area contributed by atoms with Crippen molar-refractivity contribution < 1.29 is 14.3 Å². The van der Waals surface area contributed by atoms with Crippen molar-refractivity contribution in [3.8, 4) is 0 Å². The van der Waals surface area contributed by atoms with Crippen LogP contribution in [0.5, 0.6) is 0 Å². The molecule has 162 valence electrons. The standard InChI is InChI=1S/C22H19N5O3S2/c1-2-30-19(28)17-14(23-20(29)24-18(17)13-8-4-3-5-9-13)12-31-21-25-26-22-27(21)15-10-6-7-11-16(15)32-22/h3-11,18H,2,12H2,1H3,(H2,23,24,29)/t18-/m1/s1. The second-order valence-corrected chi connectivity index (χ2v) is 8.97. The Hall–Kier alpha value is -3.37. The van der Waals surface area contributed by atoms with Gasteiger partial charge in [0, 0.05) is 11.4 Å². The van der Waals surface area contributed by atoms with E-state index >= 15 is 0 Å². The van der Waals surface area contributed by atoms with Crippen LogP contribution in [0, 0.1) is 0 Å². The Labute approximate surface area is 191 Å². The first-order valence-corrected chi connectivity index (χ1v) is 11.8. The Kier molecular flexibility index (Phi) is 5.54. The lowest BCUT2D eigenvalue weighted by Crippen LogP contribution is -2.46. The molecule has 0 unspecified atom stereocenters. The van der Waals surface area contributed by atoms with Gasteiger partial charge in [0.25, 0.3) is 0 Å². The fourth-order valence-corrected chi connectivity index (χ4v) is 5.60. The summed E-state index contributed by atoms with van der Waals surface area (Å²) in [7, 11) is 0. The summed E-state index contributed by atoms with van der Waals surface area (Å²) in [6, 6.07) is 16.4. The number of hydrogen-bond donors (Lipinski definition) is 2. The Morgan fingerprint density at radius 2 is 1.94 bits per heavy atom. The van der Waals surface area contributed by atoms with Crippen molar-refractivity contribution in [2.45, 2.75) is 18.1 Å². The number of nitrogens with one attached hydrogen (secondary N) is 2. The van der Waals surface area contributed by atoms with Crippen LogP contribution in [0.4, 0.5) is 4.79 Å². The molecule has 32 heavy (non-hydrogen) atoms. The summed E-state index contributed by atoms with van der Waals surface area (Å²) in [5, 5.41) is 14.9. The van der Waals surface area contributed by atoms with E-state index < -0.39 is 12.0 Å². The molecule has 1 atom stereocenters. The van der Waals surface area contributed by atoms with E-state index in [0.717, 1.165) is 20.7 Å². The van der Waals surface area contributed by atoms with Crippen molar-refractivity contribution in [1.29, 1.82) is 0 Å². The van der Waals surface area contributed by atoms with E-state index in [4.69, 9.17) is 4.74 Å². The third-order valence-electron chi connectivity index (χ3n) is 5.04. The zero-order valence-corrected chi connectivity index (χ0v) is 18.7. The molecule has 0 fully saturated rings. The van der Waals surface area contributed by atoms with Crippen molar-refractivity contribution in [2.75, 3.05) is 12.4 Å². The van der Waals surface area contributed by atoms with Crippen LogP contribution < -0.4 is 10.6 Å². The van der Waals surface area contributed by atoms with E-state index in [1.54, 1.807) is 18.3 Å². The second-order valence-electron chi connectivity index (χ2n) is 7.01. The van der Waals surface area contributed by atoms with Crippen molar-refractivity contribution in [1.82, 2.24) is 25.2 Å². The van der Waals surface area contributed by atoms with Gasteiger partial charge in [0.05, 0.1) is 28.4 Å². The number of carbonyl (C=O) groups excluding carboxylic acids is 2. The molecule has 3 heterocycles. The number of rotatable bonds is 6. The minimum atomic E-state index is -0.597. The van der Waals surface area contributed by atoms with Crippen LogP contribution in [0.2, 0.25) is 0 Å². The Bertz CT molecular complexity index is 1350. The molecular formula is C22H19N5O3S2. The van der Waals surface area contributed by atoms with Gasteiger partial charge in [0.1, 0.15) is 0 Å². The number of para-hydroxylation sites is 1. The van der Waals surface area contributed by atoms with Crippen LogP contribution in [0.15, 0.2) is 71.0 Å². The number of hydrogen-bond acceptors (Lipinski definition) is 7. The topological polar surface area (TPSA) is 97.6 Å². The molecule has 8 nitrogen and oxygen atoms in total. The predicted molar refractivity (Wildman–Crippen MR) is 124 cm³/mol. The Morgan fingerprint density at radius 3 is 2.75 bits per heavy atom. The van der Waals surface area contributed by atoms with E-state index in [0.29, 0.717) is 22.2 Å². The van der Waals surface area contributed by atoms with Crippen molar-refractivity contribution in [3.05, 3.63) is 71.4 Å². The average molecular weight is 466 g/mol. The molecule has 5 rings (SSSR count). The highest BCUT2D eigenvalue weighted by Gasteiger charge is 2.33. The lowest BCUT2D eigenvalue weighted by molar-refractivity contribution is -0.139. The number of ether oxygens (including phenoxy) is 1. The van der Waals surface area contributed by atoms with E-state index in [2.05, 4.69) is 20.8 Å². The van der Waals surface area contributed by atoms with Gasteiger partial charge in [-0.05, 0) is 24.6 Å². The van der Waals surface area contributed by atoms with Gasteiger partial charge in [-0.25, -0.2) is 9.59 Å². The van der Waals surface area contributed by atoms with Crippen LogP contribution in [0.3, 0.4) is 0 Å². The Morgan fingerprint density at radius 1 is 1.16 bits per heavy atom. The zero-order valence-electron chi connectivity index (χ0n) is 17.1. The molecule has 0 spiro atoms. The molecule has 0 bridgehead atoms. The van der Waals surface area contributed by atoms with Crippen molar-refractivity contribution >= 4 is 50.3 Å². The minimum absolute atomic E-state index is 0.240. The first-order valence-electron chi connectivity index (χ1n) is 10.0. The Balaban J connectivity index is 1.52. The third kappa shape index (κ3) is 3.71.